The first-order valence-electron chi connectivity index (χ1n) is 7.89. The Bertz CT molecular complexity index is 809. The molecule has 0 radical (unpaired) electrons. The van der Waals surface area contributed by atoms with Crippen molar-refractivity contribution in [2.75, 3.05) is 33.8 Å². The summed E-state index contributed by atoms with van der Waals surface area (Å²) in [6.45, 7) is 6.73. The number of hydrogen-bond donors (Lipinski definition) is 1. The van der Waals surface area contributed by atoms with Gasteiger partial charge in [0.05, 0.1) is 0 Å². The van der Waals surface area contributed by atoms with E-state index in [-0.39, 0.29) is 18.1 Å². The van der Waals surface area contributed by atoms with E-state index in [4.69, 9.17) is 9.15 Å². The maximum Gasteiger partial charge on any atom is 0.339 e. The van der Waals surface area contributed by atoms with Gasteiger partial charge in [-0.2, -0.15) is 0 Å². The van der Waals surface area contributed by atoms with Crippen LogP contribution in [-0.4, -0.2) is 44.6 Å². The Morgan fingerprint density at radius 3 is 2.54 bits per heavy atom. The second-order valence-corrected chi connectivity index (χ2v) is 6.15. The number of nitrogens with zero attached hydrogens (tertiary/aromatic N) is 1. The second kappa shape index (κ2) is 7.49. The van der Waals surface area contributed by atoms with Crippen molar-refractivity contribution in [2.24, 2.45) is 0 Å². The van der Waals surface area contributed by atoms with E-state index in [1.807, 2.05) is 38.9 Å². The summed E-state index contributed by atoms with van der Waals surface area (Å²) < 4.78 is 11.0. The zero-order valence-corrected chi connectivity index (χ0v) is 14.9. The van der Waals surface area contributed by atoms with Gasteiger partial charge in [0.25, 0.3) is 5.91 Å². The molecule has 2 aromatic rings. The van der Waals surface area contributed by atoms with E-state index in [0.717, 1.165) is 17.5 Å². The van der Waals surface area contributed by atoms with Gasteiger partial charge < -0.3 is 19.4 Å². The number of likely N-dealkylation sites (N-methyl/N-ethyl adjacent to an activating group) is 1. The summed E-state index contributed by atoms with van der Waals surface area (Å²) in [7, 11) is 3.89. The monoisotopic (exact) mass is 332 g/mol. The smallest absolute Gasteiger partial charge is 0.339 e. The van der Waals surface area contributed by atoms with E-state index in [0.29, 0.717) is 29.0 Å². The van der Waals surface area contributed by atoms with Gasteiger partial charge in [0.2, 0.25) is 0 Å². The van der Waals surface area contributed by atoms with Crippen LogP contribution in [0, 0.1) is 20.8 Å². The predicted octanol–water partition coefficient (Wildman–Crippen LogP) is 1.77. The van der Waals surface area contributed by atoms with Gasteiger partial charge in [0.15, 0.2) is 6.61 Å². The average Bonchev–Trinajstić information content (AvgIpc) is 2.52. The molecule has 0 saturated carbocycles. The van der Waals surface area contributed by atoms with E-state index >= 15 is 0 Å². The number of carbonyl (C=O) groups is 1. The topological polar surface area (TPSA) is 71.8 Å². The Balaban J connectivity index is 2.13. The first kappa shape index (κ1) is 18.0. The number of aryl methyl sites for hydroxylation is 2. The minimum Gasteiger partial charge on any atom is -0.483 e. The number of benzene rings is 1. The molecule has 0 aliphatic carbocycles. The molecule has 2 rings (SSSR count). The molecule has 0 saturated heterocycles. The fourth-order valence-corrected chi connectivity index (χ4v) is 2.39. The molecule has 1 aromatic heterocycles. The lowest BCUT2D eigenvalue weighted by atomic mass is 10.0. The van der Waals surface area contributed by atoms with Crippen LogP contribution in [0.1, 0.15) is 16.7 Å². The first-order valence-corrected chi connectivity index (χ1v) is 7.89. The summed E-state index contributed by atoms with van der Waals surface area (Å²) in [6.07, 6.45) is 0. The Morgan fingerprint density at radius 1 is 1.17 bits per heavy atom. The largest absolute Gasteiger partial charge is 0.483 e. The van der Waals surface area contributed by atoms with Crippen LogP contribution in [0.2, 0.25) is 0 Å². The summed E-state index contributed by atoms with van der Waals surface area (Å²) in [5.74, 6) is 0.356. The van der Waals surface area contributed by atoms with Gasteiger partial charge in [0, 0.05) is 29.6 Å². The highest BCUT2D eigenvalue weighted by atomic mass is 16.5. The highest BCUT2D eigenvalue weighted by Gasteiger charge is 2.13. The number of fused-ring (bicyclic) bond motifs is 1. The molecular weight excluding hydrogens is 308 g/mol. The Morgan fingerprint density at radius 2 is 1.88 bits per heavy atom. The number of carbonyl (C=O) groups excluding carboxylic acids is 1. The number of ether oxygens (including phenoxy) is 1. The molecule has 1 amide bonds. The summed E-state index contributed by atoms with van der Waals surface area (Å²) in [4.78, 5) is 25.7. The molecule has 6 heteroatoms. The summed E-state index contributed by atoms with van der Waals surface area (Å²) in [5, 5.41) is 3.67. The third kappa shape index (κ3) is 3.94. The highest BCUT2D eigenvalue weighted by Crippen LogP contribution is 2.29. The minimum absolute atomic E-state index is 0.0746. The Hall–Kier alpha value is -2.34. The number of rotatable bonds is 6. The number of amides is 1. The van der Waals surface area contributed by atoms with Crippen molar-refractivity contribution in [1.29, 1.82) is 0 Å². The van der Waals surface area contributed by atoms with Crippen LogP contribution in [0.5, 0.6) is 5.75 Å². The van der Waals surface area contributed by atoms with Gasteiger partial charge in [-0.25, -0.2) is 4.79 Å². The number of nitrogens with one attached hydrogen (secondary N) is 1. The molecule has 0 aliphatic heterocycles. The van der Waals surface area contributed by atoms with Crippen molar-refractivity contribution in [3.05, 3.63) is 39.2 Å². The molecule has 24 heavy (non-hydrogen) atoms. The van der Waals surface area contributed by atoms with Crippen LogP contribution in [0.3, 0.4) is 0 Å². The van der Waals surface area contributed by atoms with Crippen molar-refractivity contribution in [1.82, 2.24) is 10.2 Å². The van der Waals surface area contributed by atoms with Crippen LogP contribution in [0.25, 0.3) is 11.0 Å². The molecule has 1 aromatic carbocycles. The van der Waals surface area contributed by atoms with E-state index in [9.17, 15) is 9.59 Å². The molecule has 130 valence electrons. The van der Waals surface area contributed by atoms with Gasteiger partial charge >= 0.3 is 5.63 Å². The van der Waals surface area contributed by atoms with Gasteiger partial charge in [-0.3, -0.25) is 4.79 Å². The first-order chi connectivity index (χ1) is 11.3. The lowest BCUT2D eigenvalue weighted by Gasteiger charge is -2.13. The van der Waals surface area contributed by atoms with E-state index in [1.165, 1.54) is 0 Å². The van der Waals surface area contributed by atoms with Crippen molar-refractivity contribution in [3.8, 4) is 5.75 Å². The molecule has 0 bridgehead atoms. The molecule has 1 heterocycles. The molecule has 6 nitrogen and oxygen atoms in total. The van der Waals surface area contributed by atoms with E-state index < -0.39 is 0 Å². The number of hydrogen-bond acceptors (Lipinski definition) is 5. The van der Waals surface area contributed by atoms with E-state index in [2.05, 4.69) is 5.32 Å². The summed E-state index contributed by atoms with van der Waals surface area (Å²) in [6, 6.07) is 3.66. The lowest BCUT2D eigenvalue weighted by Crippen LogP contribution is -2.34. The fraction of sp³-hybridized carbons (Fsp3) is 0.444. The van der Waals surface area contributed by atoms with Crippen LogP contribution in [0.4, 0.5) is 0 Å². The maximum absolute atomic E-state index is 11.9. The zero-order valence-electron chi connectivity index (χ0n) is 14.9. The van der Waals surface area contributed by atoms with Gasteiger partial charge in [0.1, 0.15) is 11.3 Å². The zero-order chi connectivity index (χ0) is 17.9. The Labute approximate surface area is 141 Å². The van der Waals surface area contributed by atoms with Crippen LogP contribution in [-0.2, 0) is 4.79 Å². The average molecular weight is 332 g/mol. The van der Waals surface area contributed by atoms with Crippen LogP contribution < -0.4 is 15.7 Å². The van der Waals surface area contributed by atoms with E-state index in [1.54, 1.807) is 13.0 Å². The molecular formula is C18H24N2O4. The molecule has 0 spiro atoms. The molecule has 0 aliphatic rings. The lowest BCUT2D eigenvalue weighted by molar-refractivity contribution is -0.123. The minimum atomic E-state index is -0.346. The normalized spacial score (nSPS) is 11.1. The van der Waals surface area contributed by atoms with Crippen molar-refractivity contribution in [2.45, 2.75) is 20.8 Å². The van der Waals surface area contributed by atoms with Crippen molar-refractivity contribution in [3.63, 3.8) is 0 Å². The predicted molar refractivity (Wildman–Crippen MR) is 93.8 cm³/mol. The SMILES string of the molecule is Cc1c(C)c2ccc(OCC(=O)NCCN(C)C)c(C)c2oc1=O. The highest BCUT2D eigenvalue weighted by molar-refractivity contribution is 5.85. The van der Waals surface area contributed by atoms with Gasteiger partial charge in [-0.05, 0) is 52.6 Å². The molecule has 1 N–H and O–H groups in total. The molecule has 0 atom stereocenters. The molecule has 0 fully saturated rings. The fourth-order valence-electron chi connectivity index (χ4n) is 2.39. The van der Waals surface area contributed by atoms with Crippen LogP contribution in [0.15, 0.2) is 21.3 Å². The van der Waals surface area contributed by atoms with Crippen molar-refractivity contribution < 1.29 is 13.9 Å². The summed E-state index contributed by atoms with van der Waals surface area (Å²) in [5.41, 5.74) is 2.39. The van der Waals surface area contributed by atoms with Gasteiger partial charge in [-0.1, -0.05) is 0 Å². The standard InChI is InChI=1S/C18H24N2O4/c1-11-12(2)18(22)24-17-13(3)15(7-6-14(11)17)23-10-16(21)19-8-9-20(4)5/h6-7H,8-10H2,1-5H3,(H,19,21). The second-order valence-electron chi connectivity index (χ2n) is 6.15. The van der Waals surface area contributed by atoms with Crippen molar-refractivity contribution >= 4 is 16.9 Å². The third-order valence-corrected chi connectivity index (χ3v) is 4.06. The molecule has 0 unspecified atom stereocenters. The van der Waals surface area contributed by atoms with Gasteiger partial charge in [-0.15, -0.1) is 0 Å². The maximum atomic E-state index is 11.9. The quantitative estimate of drug-likeness (QED) is 0.817. The third-order valence-electron chi connectivity index (χ3n) is 4.06. The Kier molecular flexibility index (Phi) is 5.62. The van der Waals surface area contributed by atoms with Crippen LogP contribution >= 0.6 is 0 Å². The summed E-state index contributed by atoms with van der Waals surface area (Å²) >= 11 is 0.